The fraction of sp³-hybridized carbons (Fsp3) is 0.442. The third-order valence-electron chi connectivity index (χ3n) is 9.11. The van der Waals surface area contributed by atoms with Crippen LogP contribution in [-0.2, 0) is 0 Å². The first kappa shape index (κ1) is 39.3. The van der Waals surface area contributed by atoms with Crippen molar-refractivity contribution in [1.82, 2.24) is 0 Å². The van der Waals surface area contributed by atoms with Gasteiger partial charge in [0.15, 0.2) is 0 Å². The van der Waals surface area contributed by atoms with Gasteiger partial charge in [-0.15, -0.1) is 0 Å². The van der Waals surface area contributed by atoms with Crippen molar-refractivity contribution in [2.75, 3.05) is 7.11 Å². The molecule has 7 rings (SSSR count). The number of benzene rings is 4. The molecule has 0 saturated carbocycles. The molecule has 0 fully saturated rings. The molecule has 0 aromatic heterocycles. The monoisotopic (exact) mass is 822 g/mol. The van der Waals surface area contributed by atoms with Gasteiger partial charge >= 0.3 is 327 Å². The van der Waals surface area contributed by atoms with Crippen molar-refractivity contribution in [3.8, 4) is 40.2 Å². The van der Waals surface area contributed by atoms with Crippen LogP contribution in [0.25, 0.3) is 0 Å². The van der Waals surface area contributed by atoms with Gasteiger partial charge in [-0.1, -0.05) is 0 Å². The first-order valence-corrected chi connectivity index (χ1v) is 24.8. The van der Waals surface area contributed by atoms with Crippen molar-refractivity contribution in [3.05, 3.63) is 60.7 Å². The topological polar surface area (TPSA) is 64.6 Å². The summed E-state index contributed by atoms with van der Waals surface area (Å²) in [6.07, 6.45) is -0.302. The van der Waals surface area contributed by atoms with E-state index < -0.39 is 14.0 Å². The van der Waals surface area contributed by atoms with Crippen molar-refractivity contribution in [1.29, 1.82) is 0 Å². The Bertz CT molecular complexity index is 1790. The van der Waals surface area contributed by atoms with Gasteiger partial charge in [-0.25, -0.2) is 0 Å². The second-order valence-electron chi connectivity index (χ2n) is 15.5. The van der Waals surface area contributed by atoms with E-state index in [1.54, 1.807) is 7.11 Å². The number of rotatable bonds is 14. The molecular weight excluding hydrogens is 766 g/mol. The Morgan fingerprint density at radius 3 is 0.943 bits per heavy atom. The minimum atomic E-state index is -3.20. The molecule has 3 aliphatic heterocycles. The van der Waals surface area contributed by atoms with Gasteiger partial charge in [-0.2, -0.15) is 0 Å². The Morgan fingerprint density at radius 2 is 0.698 bits per heavy atom. The quantitative estimate of drug-likeness (QED) is 0.118. The van der Waals surface area contributed by atoms with Crippen molar-refractivity contribution in [2.45, 2.75) is 120 Å². The van der Waals surface area contributed by atoms with Crippen molar-refractivity contribution >= 4 is 66.3 Å². The third-order valence-corrected chi connectivity index (χ3v) is 21.5. The average molecular weight is 822 g/mol. The number of hydrogen-bond donors (Lipinski definition) is 0. The summed E-state index contributed by atoms with van der Waals surface area (Å²) in [6, 6.07) is 22.3. The van der Waals surface area contributed by atoms with E-state index in [-0.39, 0.29) is 36.6 Å². The Morgan fingerprint density at radius 1 is 0.434 bits per heavy atom. The molecule has 0 N–H and O–H groups in total. The molecular formula is C43H55O7PSeSi. The first-order chi connectivity index (χ1) is 25.0. The SMILES string of the molecule is COc1ccc([Si]23c4cc(OC(C)C)c(OC(C)C)cc4[P+]([Se-])(c4cc(OC(C)C)c(OC(C)C)cc42)c2cc(OC(C)C)c(OC(C)C)cc23)cc1. The Labute approximate surface area is 325 Å². The van der Waals surface area contributed by atoms with Gasteiger partial charge in [0.1, 0.15) is 0 Å². The fourth-order valence-corrected chi connectivity index (χ4v) is 22.8. The van der Waals surface area contributed by atoms with Crippen LogP contribution in [0, 0.1) is 0 Å². The van der Waals surface area contributed by atoms with E-state index in [1.807, 2.05) is 0 Å². The van der Waals surface area contributed by atoms with E-state index in [4.69, 9.17) is 33.2 Å². The zero-order valence-electron chi connectivity index (χ0n) is 33.5. The molecule has 0 saturated heterocycles. The van der Waals surface area contributed by atoms with Crippen LogP contribution in [0.2, 0.25) is 0 Å². The number of ether oxygens (including phenoxy) is 7. The predicted molar refractivity (Wildman–Crippen MR) is 223 cm³/mol. The second-order valence-corrected chi connectivity index (χ2v) is 25.3. The van der Waals surface area contributed by atoms with Crippen molar-refractivity contribution in [3.63, 3.8) is 0 Å². The van der Waals surface area contributed by atoms with Crippen LogP contribution in [-0.4, -0.2) is 67.4 Å². The Kier molecular flexibility index (Phi) is 11.2. The predicted octanol–water partition coefficient (Wildman–Crippen LogP) is 5.80. The van der Waals surface area contributed by atoms with Crippen LogP contribution in [0.15, 0.2) is 60.7 Å². The van der Waals surface area contributed by atoms with Gasteiger partial charge in [-0.05, 0) is 0 Å². The van der Waals surface area contributed by atoms with Crippen molar-refractivity contribution < 1.29 is 33.2 Å². The summed E-state index contributed by atoms with van der Waals surface area (Å²) in [5.41, 5.74) is 0. The van der Waals surface area contributed by atoms with Crippen LogP contribution in [0.1, 0.15) is 83.1 Å². The summed E-state index contributed by atoms with van der Waals surface area (Å²) in [5.74, 6) is 2.74. The molecule has 10 heteroatoms. The van der Waals surface area contributed by atoms with Gasteiger partial charge in [0.25, 0.3) is 0 Å². The molecule has 0 atom stereocenters. The molecule has 3 aliphatic rings. The molecule has 0 amide bonds. The zero-order valence-corrected chi connectivity index (χ0v) is 37.1. The average Bonchev–Trinajstić information content (AvgIpc) is 3.05. The molecule has 0 spiro atoms. The molecule has 0 radical (unpaired) electrons. The standard InChI is InChI=1S/C43H55O7PSeSi/c1-24(2)45-32-18-38-41(21-35(32)48-27(7)8)53(31-16-14-30(44-13)15-17-31)42-22-36(49-28(9)10)33(46-25(3)4)19-39(42)51(38,52)40-20-34(47-26(5)6)37(23-43(40)53)50-29(11)12/h14-29H,1-13H3. The Balaban J connectivity index is 1.85. The Hall–Kier alpha value is -3.35. The van der Waals surface area contributed by atoms with Crippen LogP contribution < -0.4 is 69.8 Å². The number of hydrogen-bond acceptors (Lipinski definition) is 7. The summed E-state index contributed by atoms with van der Waals surface area (Å²) < 4.78 is 45.3. The second kappa shape index (κ2) is 15.1. The van der Waals surface area contributed by atoms with Crippen LogP contribution in [0.3, 0.4) is 0 Å². The van der Waals surface area contributed by atoms with E-state index in [9.17, 15) is 0 Å². The van der Waals surface area contributed by atoms with Crippen molar-refractivity contribution in [2.24, 2.45) is 0 Å². The summed E-state index contributed by atoms with van der Waals surface area (Å²) in [4.78, 5) is 0. The molecule has 284 valence electrons. The van der Waals surface area contributed by atoms with E-state index >= 15 is 0 Å². The molecule has 53 heavy (non-hydrogen) atoms. The zero-order chi connectivity index (χ0) is 38.6. The summed E-state index contributed by atoms with van der Waals surface area (Å²) in [6.45, 7) is 24.7. The fourth-order valence-electron chi connectivity index (χ4n) is 7.54. The molecule has 0 unspecified atom stereocenters. The van der Waals surface area contributed by atoms with E-state index in [2.05, 4.69) is 159 Å². The maximum absolute atomic E-state index is 6.61. The third kappa shape index (κ3) is 7.04. The van der Waals surface area contributed by atoms with Gasteiger partial charge in [0.2, 0.25) is 0 Å². The van der Waals surface area contributed by atoms with Gasteiger partial charge in [-0.3, -0.25) is 0 Å². The van der Waals surface area contributed by atoms with E-state index in [0.29, 0.717) is 0 Å². The summed E-state index contributed by atoms with van der Waals surface area (Å²) >= 11 is 3.88. The maximum atomic E-state index is 6.61. The van der Waals surface area contributed by atoms with Crippen LogP contribution >= 0.6 is 5.95 Å². The first-order valence-electron chi connectivity index (χ1n) is 18.8. The molecule has 4 aromatic rings. The van der Waals surface area contributed by atoms with Gasteiger partial charge in [0, 0.05) is 0 Å². The number of methoxy groups -OCH3 is 1. The normalized spacial score (nSPS) is 18.4. The van der Waals surface area contributed by atoms with E-state index in [1.165, 1.54) is 36.7 Å². The molecule has 4 aromatic carbocycles. The summed E-state index contributed by atoms with van der Waals surface area (Å²) in [7, 11) is -1.49. The van der Waals surface area contributed by atoms with Crippen LogP contribution in [0.4, 0.5) is 0 Å². The molecule has 0 aliphatic carbocycles. The van der Waals surface area contributed by atoms with Gasteiger partial charge in [0.05, 0.1) is 0 Å². The van der Waals surface area contributed by atoms with Gasteiger partial charge < -0.3 is 0 Å². The minimum absolute atomic E-state index is 0.0469. The van der Waals surface area contributed by atoms with E-state index in [0.717, 1.165) is 40.2 Å². The molecule has 2 bridgehead atoms. The molecule has 3 heterocycles. The summed E-state index contributed by atoms with van der Waals surface area (Å²) in [5, 5.41) is 8.74. The van der Waals surface area contributed by atoms with Crippen LogP contribution in [0.5, 0.6) is 40.2 Å². The molecule has 7 nitrogen and oxygen atoms in total.